The van der Waals surface area contributed by atoms with Gasteiger partial charge in [0, 0.05) is 11.5 Å². The maximum Gasteiger partial charge on any atom is 0.261 e. The van der Waals surface area contributed by atoms with Gasteiger partial charge in [-0.3, -0.25) is 14.4 Å². The third-order valence-corrected chi connectivity index (χ3v) is 4.49. The summed E-state index contributed by atoms with van der Waals surface area (Å²) >= 11 is 3.46. The fourth-order valence-electron chi connectivity index (χ4n) is 2.46. The molecule has 20 heavy (non-hydrogen) atoms. The number of carbonyl (C=O) groups excluding carboxylic acids is 2. The van der Waals surface area contributed by atoms with E-state index in [0.29, 0.717) is 0 Å². The van der Waals surface area contributed by atoms with Crippen LogP contribution in [0.1, 0.15) is 36.5 Å². The molecule has 0 bridgehead atoms. The molecular weight excluding hydrogens is 322 g/mol. The Morgan fingerprint density at radius 2 is 1.80 bits per heavy atom. The Hall–Kier alpha value is -1.20. The van der Waals surface area contributed by atoms with E-state index >= 15 is 0 Å². The van der Waals surface area contributed by atoms with Crippen molar-refractivity contribution in [2.75, 3.05) is 7.05 Å². The van der Waals surface area contributed by atoms with Gasteiger partial charge < -0.3 is 0 Å². The fraction of sp³-hybridized carbons (Fsp3) is 0.467. The van der Waals surface area contributed by atoms with E-state index in [1.165, 1.54) is 5.06 Å². The summed E-state index contributed by atoms with van der Waals surface area (Å²) in [5.41, 5.74) is 1.67. The number of hydrogen-bond acceptors (Lipinski definition) is 3. The number of hydroxylamine groups is 2. The first-order valence-electron chi connectivity index (χ1n) is 6.43. The highest BCUT2D eigenvalue weighted by Crippen LogP contribution is 2.35. The Labute approximate surface area is 127 Å². The van der Waals surface area contributed by atoms with Crippen LogP contribution in [0.2, 0.25) is 0 Å². The third-order valence-electron chi connectivity index (χ3n) is 3.64. The van der Waals surface area contributed by atoms with E-state index in [2.05, 4.69) is 15.9 Å². The summed E-state index contributed by atoms with van der Waals surface area (Å²) in [7, 11) is 1.55. The van der Waals surface area contributed by atoms with Crippen molar-refractivity contribution in [1.29, 1.82) is 0 Å². The van der Waals surface area contributed by atoms with Crippen molar-refractivity contribution in [3.8, 4) is 0 Å². The summed E-state index contributed by atoms with van der Waals surface area (Å²) in [6.45, 7) is 7.22. The fourth-order valence-corrected chi connectivity index (χ4v) is 2.92. The molecule has 1 unspecified atom stereocenters. The first kappa shape index (κ1) is 15.2. The molecule has 2 rings (SSSR count). The minimum Gasteiger partial charge on any atom is -0.295 e. The van der Waals surface area contributed by atoms with E-state index in [0.717, 1.165) is 21.2 Å². The molecule has 1 aliphatic rings. The van der Waals surface area contributed by atoms with Crippen molar-refractivity contribution in [3.63, 3.8) is 0 Å². The number of Topliss-reactive ketones (excluding diaryl/α,β-unsaturated/α-hetero) is 1. The highest BCUT2D eigenvalue weighted by atomic mass is 79.9. The molecule has 1 atom stereocenters. The molecule has 5 heteroatoms. The molecule has 0 spiro atoms. The number of ketones is 1. The third kappa shape index (κ3) is 2.40. The normalized spacial score (nSPS) is 22.3. The molecule has 4 nitrogen and oxygen atoms in total. The maximum absolute atomic E-state index is 12.6. The van der Waals surface area contributed by atoms with E-state index in [4.69, 9.17) is 4.84 Å². The molecule has 1 saturated heterocycles. The van der Waals surface area contributed by atoms with Crippen LogP contribution in [0.3, 0.4) is 0 Å². The minimum absolute atomic E-state index is 0.203. The number of rotatable bonds is 1. The SMILES string of the molecule is Cc1cc(C2C(=O)N(C)OC(C)(C)C2=O)c(C)cc1Br. The van der Waals surface area contributed by atoms with Gasteiger partial charge >= 0.3 is 0 Å². The Kier molecular flexibility index (Phi) is 3.77. The molecule has 1 aliphatic heterocycles. The first-order valence-corrected chi connectivity index (χ1v) is 7.22. The van der Waals surface area contributed by atoms with Crippen molar-refractivity contribution in [3.05, 3.63) is 33.3 Å². The summed E-state index contributed by atoms with van der Waals surface area (Å²) < 4.78 is 0.971. The second-order valence-electron chi connectivity index (χ2n) is 5.69. The largest absolute Gasteiger partial charge is 0.295 e. The molecule has 0 radical (unpaired) electrons. The predicted octanol–water partition coefficient (Wildman–Crippen LogP) is 2.90. The zero-order valence-electron chi connectivity index (χ0n) is 12.3. The molecule has 1 aromatic carbocycles. The Morgan fingerprint density at radius 3 is 2.40 bits per heavy atom. The highest BCUT2D eigenvalue weighted by molar-refractivity contribution is 9.10. The van der Waals surface area contributed by atoms with Crippen molar-refractivity contribution in [2.45, 2.75) is 39.2 Å². The maximum atomic E-state index is 12.6. The Balaban J connectivity index is 2.57. The summed E-state index contributed by atoms with van der Waals surface area (Å²) in [5, 5.41) is 1.17. The molecule has 108 valence electrons. The number of carbonyl (C=O) groups is 2. The summed E-state index contributed by atoms with van der Waals surface area (Å²) in [6.07, 6.45) is 0. The van der Waals surface area contributed by atoms with Crippen molar-refractivity contribution in [2.24, 2.45) is 0 Å². The van der Waals surface area contributed by atoms with Crippen LogP contribution in [0, 0.1) is 13.8 Å². The summed E-state index contributed by atoms with van der Waals surface area (Å²) in [6, 6.07) is 3.84. The van der Waals surface area contributed by atoms with Crippen LogP contribution in [-0.2, 0) is 14.4 Å². The van der Waals surface area contributed by atoms with E-state index < -0.39 is 11.5 Å². The number of amides is 1. The van der Waals surface area contributed by atoms with Crippen molar-refractivity contribution >= 4 is 27.6 Å². The van der Waals surface area contributed by atoms with Gasteiger partial charge in [0.05, 0.1) is 0 Å². The van der Waals surface area contributed by atoms with Crippen LogP contribution in [0.4, 0.5) is 0 Å². The summed E-state index contributed by atoms with van der Waals surface area (Å²) in [4.78, 5) is 30.3. The van der Waals surface area contributed by atoms with Crippen LogP contribution in [0.5, 0.6) is 0 Å². The second-order valence-corrected chi connectivity index (χ2v) is 6.55. The quantitative estimate of drug-likeness (QED) is 0.739. The Morgan fingerprint density at radius 1 is 1.20 bits per heavy atom. The van der Waals surface area contributed by atoms with Gasteiger partial charge in [0.1, 0.15) is 11.5 Å². The first-order chi connectivity index (χ1) is 9.15. The smallest absolute Gasteiger partial charge is 0.261 e. The molecule has 1 amide bonds. The van der Waals surface area contributed by atoms with Crippen LogP contribution in [0.15, 0.2) is 16.6 Å². The number of benzene rings is 1. The van der Waals surface area contributed by atoms with E-state index in [1.807, 2.05) is 26.0 Å². The van der Waals surface area contributed by atoms with Crippen LogP contribution < -0.4 is 0 Å². The highest BCUT2D eigenvalue weighted by Gasteiger charge is 2.47. The molecular formula is C15H18BrNO3. The Bertz CT molecular complexity index is 595. The average Bonchev–Trinajstić information content (AvgIpc) is 2.33. The molecule has 0 saturated carbocycles. The zero-order chi connectivity index (χ0) is 15.2. The molecule has 0 N–H and O–H groups in total. The summed E-state index contributed by atoms with van der Waals surface area (Å²) in [5.74, 6) is -1.32. The van der Waals surface area contributed by atoms with Crippen LogP contribution in [-0.4, -0.2) is 29.4 Å². The van der Waals surface area contributed by atoms with Gasteiger partial charge in [-0.1, -0.05) is 22.0 Å². The topological polar surface area (TPSA) is 46.6 Å². The molecule has 1 aromatic rings. The lowest BCUT2D eigenvalue weighted by Crippen LogP contribution is -2.54. The minimum atomic E-state index is -0.999. The predicted molar refractivity (Wildman–Crippen MR) is 79.3 cm³/mol. The number of hydrogen-bond donors (Lipinski definition) is 0. The lowest BCUT2D eigenvalue weighted by Gasteiger charge is -2.38. The molecule has 1 fully saturated rings. The molecule has 0 aliphatic carbocycles. The zero-order valence-corrected chi connectivity index (χ0v) is 13.9. The van der Waals surface area contributed by atoms with Crippen LogP contribution in [0.25, 0.3) is 0 Å². The lowest BCUT2D eigenvalue weighted by atomic mass is 9.82. The average molecular weight is 340 g/mol. The van der Waals surface area contributed by atoms with Gasteiger partial charge in [-0.2, -0.15) is 0 Å². The lowest BCUT2D eigenvalue weighted by molar-refractivity contribution is -0.233. The van der Waals surface area contributed by atoms with Crippen molar-refractivity contribution < 1.29 is 14.4 Å². The van der Waals surface area contributed by atoms with E-state index in [9.17, 15) is 9.59 Å². The number of halogens is 1. The molecule has 0 aromatic heterocycles. The van der Waals surface area contributed by atoms with Crippen molar-refractivity contribution in [1.82, 2.24) is 5.06 Å². The van der Waals surface area contributed by atoms with Gasteiger partial charge in [-0.25, -0.2) is 5.06 Å². The number of aryl methyl sites for hydroxylation is 2. The monoisotopic (exact) mass is 339 g/mol. The standard InChI is InChI=1S/C15H18BrNO3/c1-8-7-11(16)9(2)6-10(8)12-13(18)15(3,4)20-17(5)14(12)19/h6-7,12H,1-5H3. The van der Waals surface area contributed by atoms with Gasteiger partial charge in [-0.15, -0.1) is 0 Å². The van der Waals surface area contributed by atoms with Gasteiger partial charge in [0.15, 0.2) is 5.78 Å². The number of likely N-dealkylation sites (N-methyl/N-ethyl adjacent to an activating group) is 1. The van der Waals surface area contributed by atoms with Crippen LogP contribution >= 0.6 is 15.9 Å². The van der Waals surface area contributed by atoms with E-state index in [1.54, 1.807) is 20.9 Å². The second kappa shape index (κ2) is 4.97. The van der Waals surface area contributed by atoms with Gasteiger partial charge in [0.25, 0.3) is 5.91 Å². The van der Waals surface area contributed by atoms with Gasteiger partial charge in [-0.05, 0) is 50.5 Å². The van der Waals surface area contributed by atoms with E-state index in [-0.39, 0.29) is 11.7 Å². The molecule has 1 heterocycles. The number of nitrogens with zero attached hydrogens (tertiary/aromatic N) is 1. The van der Waals surface area contributed by atoms with Gasteiger partial charge in [0.2, 0.25) is 0 Å².